The smallest absolute Gasteiger partial charge is 0.295 e. The molecule has 2 aromatic carbocycles. The van der Waals surface area contributed by atoms with Crippen molar-refractivity contribution in [2.45, 2.75) is 19.0 Å². The first-order valence-electron chi connectivity index (χ1n) is 11.6. The first-order valence-corrected chi connectivity index (χ1v) is 11.6. The molecular formula is C27H29N3O7. The van der Waals surface area contributed by atoms with E-state index in [2.05, 4.69) is 4.98 Å². The maximum absolute atomic E-state index is 13.3. The minimum atomic E-state index is -0.886. The molecule has 1 aromatic heterocycles. The van der Waals surface area contributed by atoms with E-state index in [9.17, 15) is 14.7 Å². The third-order valence-corrected chi connectivity index (χ3v) is 6.26. The Morgan fingerprint density at radius 1 is 0.973 bits per heavy atom. The first-order chi connectivity index (χ1) is 17.9. The fourth-order valence-corrected chi connectivity index (χ4v) is 4.48. The van der Waals surface area contributed by atoms with Crippen molar-refractivity contribution in [2.75, 3.05) is 35.0 Å². The van der Waals surface area contributed by atoms with Crippen molar-refractivity contribution < 1.29 is 33.6 Å². The standard InChI is InChI=1S/C27H29N3O7/c1-34-19-8-5-7-17(13-19)24(31)22-23(18-14-20(35-2)26(37-4)21(15-18)36-3)30(27(33)25(22)32)11-6-10-29-12-9-28-16-29/h5,7-9,12-16,23,31H,6,10-11H2,1-4H3/t23-/m1/s1. The number of aryl methyl sites for hydroxylation is 1. The molecule has 1 aliphatic heterocycles. The minimum Gasteiger partial charge on any atom is -0.507 e. The van der Waals surface area contributed by atoms with E-state index in [1.165, 1.54) is 33.3 Å². The van der Waals surface area contributed by atoms with Gasteiger partial charge in [0.2, 0.25) is 5.75 Å². The average molecular weight is 508 g/mol. The largest absolute Gasteiger partial charge is 0.507 e. The van der Waals surface area contributed by atoms with Gasteiger partial charge in [0, 0.05) is 31.0 Å². The predicted molar refractivity (Wildman–Crippen MR) is 135 cm³/mol. The molecular weight excluding hydrogens is 478 g/mol. The number of rotatable bonds is 10. The zero-order chi connectivity index (χ0) is 26.5. The molecule has 0 radical (unpaired) electrons. The molecule has 1 fully saturated rings. The molecule has 0 bridgehead atoms. The number of carbonyl (C=O) groups excluding carboxylic acids is 2. The summed E-state index contributed by atoms with van der Waals surface area (Å²) in [5.74, 6) is -0.172. The fraction of sp³-hybridized carbons (Fsp3) is 0.296. The number of ether oxygens (including phenoxy) is 4. The Bertz CT molecular complexity index is 1290. The number of hydrogen-bond acceptors (Lipinski definition) is 8. The van der Waals surface area contributed by atoms with Crippen LogP contribution in [0, 0.1) is 0 Å². The van der Waals surface area contributed by atoms with Crippen LogP contribution in [0.15, 0.2) is 60.7 Å². The van der Waals surface area contributed by atoms with Crippen LogP contribution in [-0.2, 0) is 16.1 Å². The number of Topliss-reactive ketones (excluding diaryl/α,β-unsaturated/α-hetero) is 1. The van der Waals surface area contributed by atoms with Gasteiger partial charge in [-0.25, -0.2) is 4.98 Å². The summed E-state index contributed by atoms with van der Waals surface area (Å²) in [6.07, 6.45) is 5.75. The number of nitrogens with zero attached hydrogens (tertiary/aromatic N) is 3. The van der Waals surface area contributed by atoms with Gasteiger partial charge >= 0.3 is 0 Å². The maximum Gasteiger partial charge on any atom is 0.295 e. The summed E-state index contributed by atoms with van der Waals surface area (Å²) >= 11 is 0. The van der Waals surface area contributed by atoms with Gasteiger partial charge in [-0.2, -0.15) is 0 Å². The van der Waals surface area contributed by atoms with Crippen molar-refractivity contribution in [3.8, 4) is 23.0 Å². The summed E-state index contributed by atoms with van der Waals surface area (Å²) in [5, 5.41) is 11.3. The number of aliphatic hydroxyl groups excluding tert-OH is 1. The molecule has 194 valence electrons. The SMILES string of the molecule is COc1cccc(C(O)=C2C(=O)C(=O)N(CCCn3ccnc3)[C@@H]2c2cc(OC)c(OC)c(OC)c2)c1. The number of imidazole rings is 1. The van der Waals surface area contributed by atoms with Crippen molar-refractivity contribution in [1.82, 2.24) is 14.5 Å². The van der Waals surface area contributed by atoms with Crippen molar-refractivity contribution in [1.29, 1.82) is 0 Å². The van der Waals surface area contributed by atoms with Crippen molar-refractivity contribution >= 4 is 17.4 Å². The highest BCUT2D eigenvalue weighted by Crippen LogP contribution is 2.45. The Labute approximate surface area is 214 Å². The Morgan fingerprint density at radius 2 is 1.70 bits per heavy atom. The molecule has 1 N–H and O–H groups in total. The quantitative estimate of drug-likeness (QED) is 0.252. The van der Waals surface area contributed by atoms with Gasteiger partial charge in [0.25, 0.3) is 11.7 Å². The van der Waals surface area contributed by atoms with Gasteiger partial charge in [0.1, 0.15) is 11.5 Å². The Balaban J connectivity index is 1.84. The zero-order valence-corrected chi connectivity index (χ0v) is 21.1. The van der Waals surface area contributed by atoms with Gasteiger partial charge in [-0.15, -0.1) is 0 Å². The van der Waals surface area contributed by atoms with Crippen molar-refractivity contribution in [3.05, 3.63) is 71.8 Å². The van der Waals surface area contributed by atoms with Crippen molar-refractivity contribution in [3.63, 3.8) is 0 Å². The summed E-state index contributed by atoms with van der Waals surface area (Å²) < 4.78 is 23.6. The molecule has 3 aromatic rings. The van der Waals surface area contributed by atoms with Gasteiger partial charge in [0.05, 0.1) is 46.4 Å². The lowest BCUT2D eigenvalue weighted by Gasteiger charge is -2.26. The van der Waals surface area contributed by atoms with Gasteiger partial charge < -0.3 is 33.5 Å². The maximum atomic E-state index is 13.3. The van der Waals surface area contributed by atoms with Crippen molar-refractivity contribution in [2.24, 2.45) is 0 Å². The Hall–Kier alpha value is -4.47. The van der Waals surface area contributed by atoms with Gasteiger partial charge in [0.15, 0.2) is 11.5 Å². The highest BCUT2D eigenvalue weighted by molar-refractivity contribution is 6.46. The summed E-state index contributed by atoms with van der Waals surface area (Å²) in [5.41, 5.74) is 0.851. The number of amides is 1. The summed E-state index contributed by atoms with van der Waals surface area (Å²) in [4.78, 5) is 32.1. The van der Waals surface area contributed by atoms with Crippen LogP contribution in [0.3, 0.4) is 0 Å². The normalized spacial score (nSPS) is 16.6. The Morgan fingerprint density at radius 3 is 2.30 bits per heavy atom. The van der Waals surface area contributed by atoms with Crippen LogP contribution >= 0.6 is 0 Å². The molecule has 37 heavy (non-hydrogen) atoms. The molecule has 1 amide bonds. The monoisotopic (exact) mass is 507 g/mol. The number of benzene rings is 2. The van der Waals surface area contributed by atoms with E-state index in [1.807, 2.05) is 10.8 Å². The third kappa shape index (κ3) is 4.95. The average Bonchev–Trinajstić information content (AvgIpc) is 3.54. The Kier molecular flexibility index (Phi) is 7.66. The van der Waals surface area contributed by atoms with Gasteiger partial charge in [-0.3, -0.25) is 9.59 Å². The topological polar surface area (TPSA) is 112 Å². The molecule has 10 heteroatoms. The molecule has 0 unspecified atom stereocenters. The van der Waals surface area contributed by atoms with E-state index in [1.54, 1.807) is 48.9 Å². The van der Waals surface area contributed by atoms with Crippen LogP contribution in [0.2, 0.25) is 0 Å². The van der Waals surface area contributed by atoms with Gasteiger partial charge in [-0.1, -0.05) is 12.1 Å². The molecule has 1 saturated heterocycles. The lowest BCUT2D eigenvalue weighted by molar-refractivity contribution is -0.139. The van der Waals surface area contributed by atoms with Crippen LogP contribution in [0.5, 0.6) is 23.0 Å². The van der Waals surface area contributed by atoms with E-state index in [-0.39, 0.29) is 17.9 Å². The molecule has 0 aliphatic carbocycles. The van der Waals surface area contributed by atoms with Crippen LogP contribution in [0.1, 0.15) is 23.6 Å². The molecule has 4 rings (SSSR count). The number of carbonyl (C=O) groups is 2. The van der Waals surface area contributed by atoms with E-state index in [0.717, 1.165) is 0 Å². The summed E-state index contributed by atoms with van der Waals surface area (Å²) in [6.45, 7) is 0.861. The van der Waals surface area contributed by atoms with Crippen LogP contribution < -0.4 is 18.9 Å². The first kappa shape index (κ1) is 25.6. The number of methoxy groups -OCH3 is 4. The van der Waals surface area contributed by atoms with Gasteiger partial charge in [-0.05, 0) is 36.2 Å². The summed E-state index contributed by atoms with van der Waals surface area (Å²) in [6, 6.07) is 9.15. The second-order valence-corrected chi connectivity index (χ2v) is 8.34. The number of hydrogen-bond donors (Lipinski definition) is 1. The number of aromatic nitrogens is 2. The zero-order valence-electron chi connectivity index (χ0n) is 21.1. The number of likely N-dealkylation sites (tertiary alicyclic amines) is 1. The second kappa shape index (κ2) is 11.1. The number of ketones is 1. The van der Waals surface area contributed by atoms with Crippen LogP contribution in [0.25, 0.3) is 5.76 Å². The highest BCUT2D eigenvalue weighted by Gasteiger charge is 2.46. The highest BCUT2D eigenvalue weighted by atomic mass is 16.5. The minimum absolute atomic E-state index is 0.0323. The second-order valence-electron chi connectivity index (χ2n) is 8.34. The molecule has 0 saturated carbocycles. The van der Waals surface area contributed by atoms with E-state index in [4.69, 9.17) is 18.9 Å². The predicted octanol–water partition coefficient (Wildman–Crippen LogP) is 3.43. The van der Waals surface area contributed by atoms with E-state index in [0.29, 0.717) is 47.1 Å². The third-order valence-electron chi connectivity index (χ3n) is 6.26. The van der Waals surface area contributed by atoms with E-state index >= 15 is 0 Å². The van der Waals surface area contributed by atoms with E-state index < -0.39 is 17.7 Å². The molecule has 1 aliphatic rings. The molecule has 10 nitrogen and oxygen atoms in total. The molecule has 0 spiro atoms. The fourth-order valence-electron chi connectivity index (χ4n) is 4.48. The lowest BCUT2D eigenvalue weighted by Crippen LogP contribution is -2.31. The van der Waals surface area contributed by atoms with Crippen LogP contribution in [-0.4, -0.2) is 66.2 Å². The number of aliphatic hydroxyl groups is 1. The van der Waals surface area contributed by atoms with Crippen LogP contribution in [0.4, 0.5) is 0 Å². The molecule has 2 heterocycles. The molecule has 1 atom stereocenters. The summed E-state index contributed by atoms with van der Waals surface area (Å²) in [7, 11) is 5.97. The lowest BCUT2D eigenvalue weighted by atomic mass is 9.94.